The number of aliphatic carboxylic acids is 1. The second kappa shape index (κ2) is 6.09. The van der Waals surface area contributed by atoms with Crippen LogP contribution in [-0.4, -0.2) is 34.5 Å². The third-order valence-corrected chi connectivity index (χ3v) is 4.46. The molecular weight excluding hydrogens is 348 g/mol. The molecule has 1 aliphatic heterocycles. The van der Waals surface area contributed by atoms with Gasteiger partial charge in [-0.3, -0.25) is 9.59 Å². The van der Waals surface area contributed by atoms with E-state index in [2.05, 4.69) is 15.9 Å². The number of rotatable bonds is 2. The molecule has 1 fully saturated rings. The molecule has 1 aliphatic rings. The van der Waals surface area contributed by atoms with Crippen LogP contribution in [0, 0.1) is 17.6 Å². The summed E-state index contributed by atoms with van der Waals surface area (Å²) in [7, 11) is 0. The Morgan fingerprint density at radius 1 is 1.33 bits per heavy atom. The number of carboxylic acid groups (broad SMARTS) is 1. The van der Waals surface area contributed by atoms with E-state index in [-0.39, 0.29) is 10.0 Å². The molecule has 2 atom stereocenters. The molecule has 7 heteroatoms. The average Bonchev–Trinajstić information content (AvgIpc) is 2.42. The highest BCUT2D eigenvalue weighted by atomic mass is 79.9. The monoisotopic (exact) mass is 361 g/mol. The van der Waals surface area contributed by atoms with Crippen molar-refractivity contribution in [3.63, 3.8) is 0 Å². The Kier molecular flexibility index (Phi) is 4.61. The fraction of sp³-hybridized carbons (Fsp3) is 0.429. The van der Waals surface area contributed by atoms with Gasteiger partial charge in [0.15, 0.2) is 11.6 Å². The molecule has 0 aliphatic carbocycles. The molecular formula is C14H14BrF2NO3. The van der Waals surface area contributed by atoms with Gasteiger partial charge in [-0.05, 0) is 47.8 Å². The van der Waals surface area contributed by atoms with E-state index >= 15 is 0 Å². The predicted octanol–water partition coefficient (Wildman–Crippen LogP) is 3.05. The van der Waals surface area contributed by atoms with Crippen LogP contribution in [0.15, 0.2) is 16.6 Å². The van der Waals surface area contributed by atoms with Crippen molar-refractivity contribution in [2.24, 2.45) is 5.92 Å². The van der Waals surface area contributed by atoms with Crippen LogP contribution >= 0.6 is 15.9 Å². The summed E-state index contributed by atoms with van der Waals surface area (Å²) in [6, 6.07) is 1.23. The number of carbonyl (C=O) groups is 2. The zero-order chi connectivity index (χ0) is 15.7. The number of hydrogen-bond acceptors (Lipinski definition) is 2. The molecule has 21 heavy (non-hydrogen) atoms. The smallest absolute Gasteiger partial charge is 0.308 e. The minimum absolute atomic E-state index is 0.00760. The molecule has 2 rings (SSSR count). The summed E-state index contributed by atoms with van der Waals surface area (Å²) in [5.74, 6) is -4.26. The van der Waals surface area contributed by atoms with Crippen LogP contribution in [0.1, 0.15) is 30.1 Å². The Morgan fingerprint density at radius 2 is 1.95 bits per heavy atom. The molecule has 0 radical (unpaired) electrons. The fourth-order valence-corrected chi connectivity index (χ4v) is 3.09. The van der Waals surface area contributed by atoms with E-state index in [0.29, 0.717) is 19.4 Å². The normalized spacial score (nSPS) is 22.2. The lowest BCUT2D eigenvalue weighted by molar-refractivity contribution is -0.144. The summed E-state index contributed by atoms with van der Waals surface area (Å²) in [5.41, 5.74) is -0.00760. The summed E-state index contributed by atoms with van der Waals surface area (Å²) < 4.78 is 26.6. The van der Waals surface area contributed by atoms with Crippen LogP contribution in [0.5, 0.6) is 0 Å². The molecule has 1 aromatic rings. The molecule has 1 heterocycles. The van der Waals surface area contributed by atoms with Gasteiger partial charge >= 0.3 is 5.97 Å². The Bertz CT molecular complexity index is 594. The summed E-state index contributed by atoms with van der Waals surface area (Å²) in [5, 5.41) is 9.16. The first-order valence-corrected chi connectivity index (χ1v) is 7.30. The molecule has 114 valence electrons. The van der Waals surface area contributed by atoms with E-state index in [4.69, 9.17) is 5.11 Å². The highest BCUT2D eigenvalue weighted by Crippen LogP contribution is 2.28. The summed E-state index contributed by atoms with van der Waals surface area (Å²) in [6.45, 7) is 2.05. The van der Waals surface area contributed by atoms with Crippen molar-refractivity contribution < 1.29 is 23.5 Å². The van der Waals surface area contributed by atoms with Gasteiger partial charge in [0.05, 0.1) is 11.5 Å². The van der Waals surface area contributed by atoms with Gasteiger partial charge in [0.2, 0.25) is 0 Å². The zero-order valence-electron chi connectivity index (χ0n) is 11.3. The van der Waals surface area contributed by atoms with Crippen molar-refractivity contribution in [2.45, 2.75) is 25.8 Å². The SMILES string of the molecule is C[C@@H]1[C@H](C(=O)O)CCCN1C(=O)c1cc(F)c(F)cc1Br. The average molecular weight is 362 g/mol. The Morgan fingerprint density at radius 3 is 2.57 bits per heavy atom. The van der Waals surface area contributed by atoms with Crippen molar-refractivity contribution in [2.75, 3.05) is 6.54 Å². The first kappa shape index (κ1) is 15.9. The van der Waals surface area contributed by atoms with Crippen molar-refractivity contribution in [3.05, 3.63) is 33.8 Å². The van der Waals surface area contributed by atoms with Gasteiger partial charge < -0.3 is 10.0 Å². The molecule has 1 saturated heterocycles. The number of piperidine rings is 1. The van der Waals surface area contributed by atoms with Gasteiger partial charge in [-0.2, -0.15) is 0 Å². The van der Waals surface area contributed by atoms with Gasteiger partial charge in [-0.1, -0.05) is 0 Å². The van der Waals surface area contributed by atoms with Crippen molar-refractivity contribution in [3.8, 4) is 0 Å². The molecule has 1 amide bonds. The predicted molar refractivity (Wildman–Crippen MR) is 74.9 cm³/mol. The van der Waals surface area contributed by atoms with Crippen LogP contribution in [0.25, 0.3) is 0 Å². The Labute approximate surface area is 128 Å². The Balaban J connectivity index is 2.31. The molecule has 1 aromatic carbocycles. The largest absolute Gasteiger partial charge is 0.481 e. The molecule has 0 spiro atoms. The maximum atomic E-state index is 13.3. The highest BCUT2D eigenvalue weighted by Gasteiger charge is 2.36. The number of benzene rings is 1. The van der Waals surface area contributed by atoms with E-state index in [1.54, 1.807) is 6.92 Å². The van der Waals surface area contributed by atoms with Gasteiger partial charge in [-0.25, -0.2) is 8.78 Å². The summed E-state index contributed by atoms with van der Waals surface area (Å²) in [6.07, 6.45) is 1.06. The van der Waals surface area contributed by atoms with Gasteiger partial charge in [0, 0.05) is 17.1 Å². The minimum Gasteiger partial charge on any atom is -0.481 e. The number of amides is 1. The van der Waals surface area contributed by atoms with Crippen molar-refractivity contribution >= 4 is 27.8 Å². The van der Waals surface area contributed by atoms with Crippen LogP contribution in [0.4, 0.5) is 8.78 Å². The van der Waals surface area contributed by atoms with E-state index < -0.39 is 35.5 Å². The molecule has 0 unspecified atom stereocenters. The Hall–Kier alpha value is -1.50. The second-order valence-corrected chi connectivity index (χ2v) is 5.93. The van der Waals surface area contributed by atoms with Crippen LogP contribution in [0.3, 0.4) is 0 Å². The first-order valence-electron chi connectivity index (χ1n) is 6.51. The van der Waals surface area contributed by atoms with Gasteiger partial charge in [-0.15, -0.1) is 0 Å². The quantitative estimate of drug-likeness (QED) is 0.823. The lowest BCUT2D eigenvalue weighted by Crippen LogP contribution is -2.49. The molecule has 4 nitrogen and oxygen atoms in total. The van der Waals surface area contributed by atoms with Crippen LogP contribution in [0.2, 0.25) is 0 Å². The zero-order valence-corrected chi connectivity index (χ0v) is 12.9. The van der Waals surface area contributed by atoms with Crippen LogP contribution in [-0.2, 0) is 4.79 Å². The maximum Gasteiger partial charge on any atom is 0.308 e. The number of nitrogens with zero attached hydrogens (tertiary/aromatic N) is 1. The maximum absolute atomic E-state index is 13.3. The lowest BCUT2D eigenvalue weighted by Gasteiger charge is -2.37. The lowest BCUT2D eigenvalue weighted by atomic mass is 9.90. The standard InChI is InChI=1S/C14H14BrF2NO3/c1-7-8(14(20)21)3-2-4-18(7)13(19)9-5-11(16)12(17)6-10(9)15/h5-8H,2-4H2,1H3,(H,20,21)/t7-,8-/m1/s1. The topological polar surface area (TPSA) is 57.6 Å². The first-order chi connectivity index (χ1) is 9.82. The van der Waals surface area contributed by atoms with E-state index in [1.807, 2.05) is 0 Å². The number of hydrogen-bond donors (Lipinski definition) is 1. The second-order valence-electron chi connectivity index (χ2n) is 5.07. The van der Waals surface area contributed by atoms with E-state index in [1.165, 1.54) is 4.90 Å². The highest BCUT2D eigenvalue weighted by molar-refractivity contribution is 9.10. The molecule has 0 saturated carbocycles. The van der Waals surface area contributed by atoms with E-state index in [0.717, 1.165) is 12.1 Å². The minimum atomic E-state index is -1.11. The van der Waals surface area contributed by atoms with Crippen LogP contribution < -0.4 is 0 Å². The molecule has 0 aromatic heterocycles. The molecule has 0 bridgehead atoms. The summed E-state index contributed by atoms with van der Waals surface area (Å²) in [4.78, 5) is 25.1. The fourth-order valence-electron chi connectivity index (χ4n) is 2.60. The third kappa shape index (κ3) is 3.07. The number of carbonyl (C=O) groups excluding carboxylic acids is 1. The summed E-state index contributed by atoms with van der Waals surface area (Å²) >= 11 is 3.04. The van der Waals surface area contributed by atoms with E-state index in [9.17, 15) is 18.4 Å². The molecule has 1 N–H and O–H groups in total. The van der Waals surface area contributed by atoms with Gasteiger partial charge in [0.25, 0.3) is 5.91 Å². The van der Waals surface area contributed by atoms with Crippen molar-refractivity contribution in [1.29, 1.82) is 0 Å². The third-order valence-electron chi connectivity index (χ3n) is 3.81. The number of likely N-dealkylation sites (tertiary alicyclic amines) is 1. The van der Waals surface area contributed by atoms with Crippen molar-refractivity contribution in [1.82, 2.24) is 4.90 Å². The number of carboxylic acids is 1. The van der Waals surface area contributed by atoms with Gasteiger partial charge in [0.1, 0.15) is 0 Å². The number of halogens is 3.